The first-order valence-corrected chi connectivity index (χ1v) is 9.97. The number of aromatic nitrogens is 1. The van der Waals surface area contributed by atoms with Crippen LogP contribution in [0.1, 0.15) is 6.42 Å². The number of halogens is 2. The molecule has 1 aromatic heterocycles. The molecule has 0 fully saturated rings. The number of carbonyl (C=O) groups excluding carboxylic acids is 1. The SMILES string of the molecule is COc1cc2nccc(Oc3ccc(NC(=O)NCCCCl)c(F)c3)c2cc1OCN. The number of carbonyl (C=O) groups is 1. The predicted octanol–water partition coefficient (Wildman–Crippen LogP) is 4.22. The Morgan fingerprint density at radius 1 is 1.19 bits per heavy atom. The van der Waals surface area contributed by atoms with E-state index < -0.39 is 11.8 Å². The average Bonchev–Trinajstić information content (AvgIpc) is 2.76. The molecule has 0 aliphatic heterocycles. The summed E-state index contributed by atoms with van der Waals surface area (Å²) in [5.74, 6) is 1.38. The van der Waals surface area contributed by atoms with Gasteiger partial charge in [-0.15, -0.1) is 11.6 Å². The third-order valence-corrected chi connectivity index (χ3v) is 4.51. The largest absolute Gasteiger partial charge is 0.493 e. The smallest absolute Gasteiger partial charge is 0.319 e. The molecule has 0 saturated heterocycles. The molecule has 10 heteroatoms. The number of rotatable bonds is 9. The Morgan fingerprint density at radius 3 is 2.74 bits per heavy atom. The Labute approximate surface area is 183 Å². The minimum Gasteiger partial charge on any atom is -0.493 e. The Kier molecular flexibility index (Phi) is 7.69. The highest BCUT2D eigenvalue weighted by atomic mass is 35.5. The van der Waals surface area contributed by atoms with Crippen LogP contribution in [0.2, 0.25) is 0 Å². The van der Waals surface area contributed by atoms with Crippen molar-refractivity contribution < 1.29 is 23.4 Å². The number of nitrogens with two attached hydrogens (primary N) is 1. The Hall–Kier alpha value is -3.30. The van der Waals surface area contributed by atoms with Gasteiger partial charge < -0.3 is 24.8 Å². The van der Waals surface area contributed by atoms with Crippen molar-refractivity contribution in [3.63, 3.8) is 0 Å². The lowest BCUT2D eigenvalue weighted by atomic mass is 10.2. The predicted molar refractivity (Wildman–Crippen MR) is 117 cm³/mol. The molecule has 1 heterocycles. The summed E-state index contributed by atoms with van der Waals surface area (Å²) in [6, 6.07) is 8.67. The van der Waals surface area contributed by atoms with Crippen LogP contribution in [-0.4, -0.2) is 37.3 Å². The highest BCUT2D eigenvalue weighted by Gasteiger charge is 2.13. The number of pyridine rings is 1. The third kappa shape index (κ3) is 5.65. The summed E-state index contributed by atoms with van der Waals surface area (Å²) in [7, 11) is 1.52. The highest BCUT2D eigenvalue weighted by Crippen LogP contribution is 2.37. The quantitative estimate of drug-likeness (QED) is 0.257. The zero-order valence-electron chi connectivity index (χ0n) is 16.8. The molecule has 2 aromatic carbocycles. The lowest BCUT2D eigenvalue weighted by Gasteiger charge is -2.14. The van der Waals surface area contributed by atoms with E-state index in [4.69, 9.17) is 31.5 Å². The summed E-state index contributed by atoms with van der Waals surface area (Å²) in [5.41, 5.74) is 6.11. The van der Waals surface area contributed by atoms with E-state index in [2.05, 4.69) is 15.6 Å². The molecule has 8 nitrogen and oxygen atoms in total. The van der Waals surface area contributed by atoms with Crippen LogP contribution >= 0.6 is 11.6 Å². The van der Waals surface area contributed by atoms with Crippen LogP contribution in [0.3, 0.4) is 0 Å². The molecule has 0 aliphatic rings. The van der Waals surface area contributed by atoms with Gasteiger partial charge in [0.15, 0.2) is 11.5 Å². The number of ether oxygens (including phenoxy) is 3. The van der Waals surface area contributed by atoms with Crippen LogP contribution in [0, 0.1) is 5.82 Å². The maximum atomic E-state index is 14.5. The second kappa shape index (κ2) is 10.6. The fraction of sp³-hybridized carbons (Fsp3) is 0.238. The van der Waals surface area contributed by atoms with Gasteiger partial charge >= 0.3 is 6.03 Å². The number of nitrogens with one attached hydrogen (secondary N) is 2. The maximum Gasteiger partial charge on any atom is 0.319 e. The molecule has 0 aliphatic carbocycles. The van der Waals surface area contributed by atoms with Crippen molar-refractivity contribution in [1.29, 1.82) is 0 Å². The molecule has 2 amide bonds. The molecule has 0 radical (unpaired) electrons. The first-order valence-electron chi connectivity index (χ1n) is 9.43. The van der Waals surface area contributed by atoms with E-state index >= 15 is 0 Å². The molecule has 0 saturated carbocycles. The van der Waals surface area contributed by atoms with Gasteiger partial charge in [0.05, 0.1) is 18.3 Å². The van der Waals surface area contributed by atoms with Gasteiger partial charge in [-0.3, -0.25) is 10.7 Å². The minimum atomic E-state index is -0.642. The van der Waals surface area contributed by atoms with Gasteiger partial charge in [0.1, 0.15) is 24.0 Å². The summed E-state index contributed by atoms with van der Waals surface area (Å²) >= 11 is 5.56. The molecule has 0 spiro atoms. The first kappa shape index (κ1) is 22.4. The number of anilines is 1. The molecule has 3 aromatic rings. The Bertz CT molecular complexity index is 1070. The summed E-state index contributed by atoms with van der Waals surface area (Å²) in [6.07, 6.45) is 2.19. The second-order valence-corrected chi connectivity index (χ2v) is 6.69. The summed E-state index contributed by atoms with van der Waals surface area (Å²) in [4.78, 5) is 16.1. The van der Waals surface area contributed by atoms with Crippen molar-refractivity contribution in [3.05, 3.63) is 48.4 Å². The molecular weight excluding hydrogens is 427 g/mol. The number of methoxy groups -OCH3 is 1. The minimum absolute atomic E-state index is 0.0266. The Morgan fingerprint density at radius 2 is 2.03 bits per heavy atom. The normalized spacial score (nSPS) is 10.6. The molecule has 31 heavy (non-hydrogen) atoms. The zero-order chi connectivity index (χ0) is 22.2. The number of alkyl halides is 1. The van der Waals surface area contributed by atoms with E-state index in [-0.39, 0.29) is 18.2 Å². The highest BCUT2D eigenvalue weighted by molar-refractivity contribution is 6.17. The van der Waals surface area contributed by atoms with E-state index in [0.717, 1.165) is 0 Å². The number of urea groups is 1. The second-order valence-electron chi connectivity index (χ2n) is 6.31. The van der Waals surface area contributed by atoms with Gasteiger partial charge in [-0.1, -0.05) is 0 Å². The maximum absolute atomic E-state index is 14.5. The van der Waals surface area contributed by atoms with Crippen LogP contribution in [0.4, 0.5) is 14.9 Å². The van der Waals surface area contributed by atoms with Gasteiger partial charge in [-0.2, -0.15) is 0 Å². The summed E-state index contributed by atoms with van der Waals surface area (Å²) < 4.78 is 31.0. The van der Waals surface area contributed by atoms with Crippen LogP contribution in [0.15, 0.2) is 42.6 Å². The fourth-order valence-corrected chi connectivity index (χ4v) is 2.94. The van der Waals surface area contributed by atoms with Gasteiger partial charge in [-0.25, -0.2) is 9.18 Å². The van der Waals surface area contributed by atoms with Crippen LogP contribution in [0.25, 0.3) is 10.9 Å². The fourth-order valence-electron chi connectivity index (χ4n) is 2.80. The lowest BCUT2D eigenvalue weighted by molar-refractivity contribution is 0.252. The molecular formula is C21H22ClFN4O4. The van der Waals surface area contributed by atoms with Crippen LogP contribution in [-0.2, 0) is 0 Å². The zero-order valence-corrected chi connectivity index (χ0v) is 17.5. The Balaban J connectivity index is 1.81. The van der Waals surface area contributed by atoms with E-state index in [1.165, 1.54) is 19.2 Å². The standard InChI is InChI=1S/C21H22ClFN4O4/c1-29-19-11-17-14(10-20(19)30-12-24)18(5-8-25-17)31-13-3-4-16(15(23)9-13)27-21(28)26-7-2-6-22/h3-5,8-11H,2,6-7,12,24H2,1H3,(H2,26,27,28). The number of hydrogen-bond acceptors (Lipinski definition) is 6. The summed E-state index contributed by atoms with van der Waals surface area (Å²) in [5, 5.41) is 5.67. The van der Waals surface area contributed by atoms with E-state index in [1.807, 2.05) is 0 Å². The number of nitrogens with zero attached hydrogens (tertiary/aromatic N) is 1. The summed E-state index contributed by atoms with van der Waals surface area (Å²) in [6.45, 7) is 0.366. The van der Waals surface area contributed by atoms with Crippen molar-refractivity contribution in [2.75, 3.05) is 31.6 Å². The first-order chi connectivity index (χ1) is 15.0. The van der Waals surface area contributed by atoms with Gasteiger partial charge in [0.2, 0.25) is 0 Å². The van der Waals surface area contributed by atoms with E-state index in [1.54, 1.807) is 30.5 Å². The topological polar surface area (TPSA) is 108 Å². The molecule has 4 N–H and O–H groups in total. The van der Waals surface area contributed by atoms with E-state index in [9.17, 15) is 9.18 Å². The molecule has 0 unspecified atom stereocenters. The van der Waals surface area contributed by atoms with Crippen molar-refractivity contribution in [2.45, 2.75) is 6.42 Å². The molecule has 164 valence electrons. The molecule has 0 bridgehead atoms. The van der Waals surface area contributed by atoms with Gasteiger partial charge in [0, 0.05) is 36.1 Å². The van der Waals surface area contributed by atoms with Crippen LogP contribution < -0.4 is 30.6 Å². The number of hydrogen-bond donors (Lipinski definition) is 3. The van der Waals surface area contributed by atoms with Gasteiger partial charge in [-0.05, 0) is 30.7 Å². The van der Waals surface area contributed by atoms with Crippen molar-refractivity contribution in [2.24, 2.45) is 5.73 Å². The number of fused-ring (bicyclic) bond motifs is 1. The molecule has 0 atom stereocenters. The lowest BCUT2D eigenvalue weighted by Crippen LogP contribution is -2.30. The van der Waals surface area contributed by atoms with Crippen molar-refractivity contribution >= 4 is 34.2 Å². The van der Waals surface area contributed by atoms with Crippen LogP contribution in [0.5, 0.6) is 23.0 Å². The monoisotopic (exact) mass is 448 g/mol. The van der Waals surface area contributed by atoms with Gasteiger partial charge in [0.25, 0.3) is 0 Å². The third-order valence-electron chi connectivity index (χ3n) is 4.24. The van der Waals surface area contributed by atoms with E-state index in [0.29, 0.717) is 47.0 Å². The van der Waals surface area contributed by atoms with Crippen molar-refractivity contribution in [1.82, 2.24) is 10.3 Å². The van der Waals surface area contributed by atoms with Crippen molar-refractivity contribution in [3.8, 4) is 23.0 Å². The average molecular weight is 449 g/mol. The number of benzene rings is 2. The molecule has 3 rings (SSSR count). The number of amides is 2.